The van der Waals surface area contributed by atoms with Crippen LogP contribution in [-0.2, 0) is 23.9 Å². The van der Waals surface area contributed by atoms with Gasteiger partial charge in [-0.2, -0.15) is 0 Å². The normalized spacial score (nSPS) is 31.2. The van der Waals surface area contributed by atoms with E-state index in [0.717, 1.165) is 18.8 Å². The molecule has 1 aromatic carbocycles. The number of nitrogens with zero attached hydrogens (tertiary/aromatic N) is 2. The number of likely N-dealkylation sites (tertiary alicyclic amines) is 1. The molecule has 4 rings (SSSR count). The quantitative estimate of drug-likeness (QED) is 0.299. The van der Waals surface area contributed by atoms with E-state index in [9.17, 15) is 19.5 Å². The van der Waals surface area contributed by atoms with Gasteiger partial charge in [-0.25, -0.2) is 0 Å². The zero-order valence-corrected chi connectivity index (χ0v) is 24.4. The van der Waals surface area contributed by atoms with E-state index >= 15 is 0 Å². The maximum absolute atomic E-state index is 14.1. The van der Waals surface area contributed by atoms with Crippen molar-refractivity contribution in [1.82, 2.24) is 4.90 Å². The highest BCUT2D eigenvalue weighted by Gasteiger charge is 2.77. The van der Waals surface area contributed by atoms with Crippen LogP contribution in [0.25, 0.3) is 0 Å². The SMILES string of the molecule is CCOC(=O)[C@@H]1[C@H]2O[C@@]3(CC2Br)[C@H](C(=O)Nc2ccc(N(CC)CC)cc2)N([C@@H](CO)[C@@H](C)CC)C(=O)[C@@H]13. The molecular formula is C28H40BrN3O6. The molecule has 10 heteroatoms. The van der Waals surface area contributed by atoms with Gasteiger partial charge in [0.1, 0.15) is 11.6 Å². The lowest BCUT2D eigenvalue weighted by Gasteiger charge is -2.38. The topological polar surface area (TPSA) is 108 Å². The van der Waals surface area contributed by atoms with E-state index in [1.807, 2.05) is 38.1 Å². The van der Waals surface area contributed by atoms with Crippen molar-refractivity contribution in [2.75, 3.05) is 36.5 Å². The third-order valence-electron chi connectivity index (χ3n) is 8.64. The Morgan fingerprint density at radius 2 is 1.89 bits per heavy atom. The second-order valence-electron chi connectivity index (χ2n) is 10.5. The molecule has 2 amide bonds. The largest absolute Gasteiger partial charge is 0.466 e. The summed E-state index contributed by atoms with van der Waals surface area (Å²) in [5, 5.41) is 13.4. The first-order valence-corrected chi connectivity index (χ1v) is 14.7. The van der Waals surface area contributed by atoms with Gasteiger partial charge >= 0.3 is 5.97 Å². The van der Waals surface area contributed by atoms with E-state index < -0.39 is 41.6 Å². The Hall–Kier alpha value is -2.17. The molecule has 3 fully saturated rings. The first kappa shape index (κ1) is 28.8. The van der Waals surface area contributed by atoms with Gasteiger partial charge in [-0.3, -0.25) is 14.4 Å². The number of aliphatic hydroxyl groups excluding tert-OH is 1. The van der Waals surface area contributed by atoms with Crippen LogP contribution in [0, 0.1) is 17.8 Å². The van der Waals surface area contributed by atoms with Crippen LogP contribution in [0.5, 0.6) is 0 Å². The Labute approximate surface area is 233 Å². The van der Waals surface area contributed by atoms with Crippen molar-refractivity contribution in [3.05, 3.63) is 24.3 Å². The van der Waals surface area contributed by atoms with Crippen LogP contribution < -0.4 is 10.2 Å². The first-order valence-electron chi connectivity index (χ1n) is 13.8. The second kappa shape index (κ2) is 11.5. The molecule has 1 aromatic rings. The summed E-state index contributed by atoms with van der Waals surface area (Å²) in [7, 11) is 0. The molecule has 2 bridgehead atoms. The van der Waals surface area contributed by atoms with Crippen LogP contribution in [0.1, 0.15) is 47.5 Å². The third-order valence-corrected chi connectivity index (χ3v) is 9.49. The molecule has 1 spiro atoms. The lowest BCUT2D eigenvalue weighted by Crippen LogP contribution is -2.57. The van der Waals surface area contributed by atoms with Gasteiger partial charge < -0.3 is 29.7 Å². The molecule has 38 heavy (non-hydrogen) atoms. The smallest absolute Gasteiger partial charge is 0.312 e. The Balaban J connectivity index is 1.72. The van der Waals surface area contributed by atoms with Gasteiger partial charge in [0, 0.05) is 29.3 Å². The summed E-state index contributed by atoms with van der Waals surface area (Å²) in [5.41, 5.74) is 0.463. The molecule has 0 aliphatic carbocycles. The number of halogens is 1. The molecule has 3 aliphatic heterocycles. The number of hydrogen-bond acceptors (Lipinski definition) is 7. The van der Waals surface area contributed by atoms with E-state index in [2.05, 4.69) is 40.0 Å². The van der Waals surface area contributed by atoms with Gasteiger partial charge in [0.25, 0.3) is 0 Å². The number of nitrogens with one attached hydrogen (secondary N) is 1. The van der Waals surface area contributed by atoms with Crippen molar-refractivity contribution in [3.63, 3.8) is 0 Å². The van der Waals surface area contributed by atoms with E-state index in [1.54, 1.807) is 6.92 Å². The lowest BCUT2D eigenvalue weighted by molar-refractivity contribution is -0.155. The minimum atomic E-state index is -1.19. The number of benzene rings is 1. The first-order chi connectivity index (χ1) is 18.2. The summed E-state index contributed by atoms with van der Waals surface area (Å²) >= 11 is 3.65. The van der Waals surface area contributed by atoms with E-state index in [-0.39, 0.29) is 35.8 Å². The molecule has 9 nitrogen and oxygen atoms in total. The number of amides is 2. The summed E-state index contributed by atoms with van der Waals surface area (Å²) in [6.45, 7) is 11.5. The number of hydrogen-bond donors (Lipinski definition) is 2. The molecular weight excluding hydrogens is 554 g/mol. The van der Waals surface area contributed by atoms with Crippen LogP contribution in [-0.4, -0.2) is 82.7 Å². The third kappa shape index (κ3) is 4.62. The maximum atomic E-state index is 14.1. The zero-order chi connectivity index (χ0) is 27.8. The number of carbonyl (C=O) groups is 3. The summed E-state index contributed by atoms with van der Waals surface area (Å²) < 4.78 is 11.8. The minimum absolute atomic E-state index is 0.0687. The van der Waals surface area contributed by atoms with E-state index in [1.165, 1.54) is 4.90 Å². The predicted octanol–water partition coefficient (Wildman–Crippen LogP) is 3.19. The fourth-order valence-corrected chi connectivity index (χ4v) is 7.54. The monoisotopic (exact) mass is 593 g/mol. The molecule has 0 aromatic heterocycles. The molecule has 1 unspecified atom stereocenters. The summed E-state index contributed by atoms with van der Waals surface area (Å²) in [4.78, 5) is 44.7. The van der Waals surface area contributed by atoms with Crippen molar-refractivity contribution in [1.29, 1.82) is 0 Å². The van der Waals surface area contributed by atoms with Crippen LogP contribution in [0.2, 0.25) is 0 Å². The number of esters is 1. The maximum Gasteiger partial charge on any atom is 0.312 e. The molecule has 2 N–H and O–H groups in total. The second-order valence-corrected chi connectivity index (χ2v) is 11.7. The van der Waals surface area contributed by atoms with Crippen LogP contribution in [0.15, 0.2) is 24.3 Å². The highest BCUT2D eigenvalue weighted by molar-refractivity contribution is 9.09. The Morgan fingerprint density at radius 3 is 2.45 bits per heavy atom. The lowest BCUT2D eigenvalue weighted by atomic mass is 9.70. The standard InChI is InChI=1S/C28H40BrN3O6/c1-6-16(5)20(15-33)32-24(25(34)30-17-10-12-18(13-11-17)31(7-2)8-3)28-14-19(29)23(38-28)21(22(28)26(32)35)27(36)37-9-4/h10-13,16,19-24,33H,6-9,14-15H2,1-5H3,(H,30,34)/t16-,19?,20-,21-,22+,23-,24-,28+/m0/s1. The van der Waals surface area contributed by atoms with Gasteiger partial charge in [-0.05, 0) is 57.4 Å². The summed E-state index contributed by atoms with van der Waals surface area (Å²) in [6, 6.07) is 6.02. The van der Waals surface area contributed by atoms with Gasteiger partial charge in [0.05, 0.1) is 37.2 Å². The number of alkyl halides is 1. The Bertz CT molecular complexity index is 1030. The fourth-order valence-electron chi connectivity index (χ4n) is 6.60. The van der Waals surface area contributed by atoms with Crippen molar-refractivity contribution >= 4 is 45.1 Å². The van der Waals surface area contributed by atoms with Crippen molar-refractivity contribution in [2.24, 2.45) is 17.8 Å². The average molecular weight is 595 g/mol. The Morgan fingerprint density at radius 1 is 1.24 bits per heavy atom. The van der Waals surface area contributed by atoms with Gasteiger partial charge in [-0.1, -0.05) is 36.2 Å². The number of ether oxygens (including phenoxy) is 2. The van der Waals surface area contributed by atoms with Gasteiger partial charge in [0.2, 0.25) is 11.8 Å². The number of fused-ring (bicyclic) bond motifs is 1. The van der Waals surface area contributed by atoms with E-state index in [0.29, 0.717) is 18.5 Å². The number of rotatable bonds is 11. The summed E-state index contributed by atoms with van der Waals surface area (Å²) in [6.07, 6.45) is 0.544. The Kier molecular flexibility index (Phi) is 8.74. The molecule has 3 aliphatic rings. The highest BCUT2D eigenvalue weighted by Crippen LogP contribution is 2.60. The van der Waals surface area contributed by atoms with Crippen LogP contribution >= 0.6 is 15.9 Å². The predicted molar refractivity (Wildman–Crippen MR) is 148 cm³/mol. The molecule has 0 radical (unpaired) electrons. The summed E-state index contributed by atoms with van der Waals surface area (Å²) in [5.74, 6) is -2.94. The van der Waals surface area contributed by atoms with Crippen molar-refractivity contribution in [3.8, 4) is 0 Å². The average Bonchev–Trinajstić information content (AvgIpc) is 3.50. The van der Waals surface area contributed by atoms with Crippen molar-refractivity contribution in [2.45, 2.75) is 76.1 Å². The molecule has 0 saturated carbocycles. The fraction of sp³-hybridized carbons (Fsp3) is 0.679. The van der Waals surface area contributed by atoms with Gasteiger partial charge in [0.15, 0.2) is 0 Å². The molecule has 3 saturated heterocycles. The number of aliphatic hydroxyl groups is 1. The highest BCUT2D eigenvalue weighted by atomic mass is 79.9. The van der Waals surface area contributed by atoms with Gasteiger partial charge in [-0.15, -0.1) is 0 Å². The van der Waals surface area contributed by atoms with E-state index in [4.69, 9.17) is 9.47 Å². The molecule has 3 heterocycles. The van der Waals surface area contributed by atoms with Crippen LogP contribution in [0.4, 0.5) is 11.4 Å². The van der Waals surface area contributed by atoms with Crippen LogP contribution in [0.3, 0.4) is 0 Å². The molecule has 8 atom stereocenters. The number of carbonyl (C=O) groups excluding carboxylic acids is 3. The minimum Gasteiger partial charge on any atom is -0.466 e. The number of anilines is 2. The zero-order valence-electron chi connectivity index (χ0n) is 22.9. The molecule has 210 valence electrons. The van der Waals surface area contributed by atoms with Crippen molar-refractivity contribution < 1.29 is 29.0 Å².